The zero-order chi connectivity index (χ0) is 17.5. The van der Waals surface area contributed by atoms with Gasteiger partial charge in [0.15, 0.2) is 0 Å². The van der Waals surface area contributed by atoms with E-state index in [0.29, 0.717) is 6.54 Å². The van der Waals surface area contributed by atoms with Crippen molar-refractivity contribution < 1.29 is 9.53 Å². The molecule has 2 rings (SSSR count). The van der Waals surface area contributed by atoms with Gasteiger partial charge in [0, 0.05) is 29.1 Å². The highest BCUT2D eigenvalue weighted by molar-refractivity contribution is 7.99. The van der Waals surface area contributed by atoms with E-state index in [1.807, 2.05) is 24.3 Å². The highest BCUT2D eigenvalue weighted by Gasteiger charge is 2.11. The predicted octanol–water partition coefficient (Wildman–Crippen LogP) is 3.76. The second-order valence-corrected chi connectivity index (χ2v) is 6.86. The molecule has 4 nitrogen and oxygen atoms in total. The molecule has 0 heterocycles. The Morgan fingerprint density at radius 3 is 2.50 bits per heavy atom. The molecule has 0 spiro atoms. The second-order valence-electron chi connectivity index (χ2n) is 5.74. The number of rotatable bonds is 7. The molecule has 0 saturated carbocycles. The molecule has 128 valence electrons. The van der Waals surface area contributed by atoms with Crippen LogP contribution in [0.15, 0.2) is 52.3 Å². The Morgan fingerprint density at radius 2 is 1.92 bits per heavy atom. The lowest BCUT2D eigenvalue weighted by atomic mass is 10.2. The first-order valence-corrected chi connectivity index (χ1v) is 8.71. The van der Waals surface area contributed by atoms with Crippen molar-refractivity contribution in [3.63, 3.8) is 0 Å². The number of methoxy groups -OCH3 is 1. The predicted molar refractivity (Wildman–Crippen MR) is 99.6 cm³/mol. The summed E-state index contributed by atoms with van der Waals surface area (Å²) in [4.78, 5) is 14.3. The fourth-order valence-electron chi connectivity index (χ4n) is 2.33. The van der Waals surface area contributed by atoms with E-state index >= 15 is 0 Å². The molecule has 0 saturated heterocycles. The molecule has 1 amide bonds. The normalized spacial score (nSPS) is 12.0. The number of nitrogens with one attached hydrogen (secondary N) is 1. The fraction of sp³-hybridized carbons (Fsp3) is 0.316. The molecule has 0 radical (unpaired) electrons. The van der Waals surface area contributed by atoms with Crippen LogP contribution in [0.2, 0.25) is 0 Å². The maximum Gasteiger partial charge on any atom is 0.227 e. The van der Waals surface area contributed by atoms with E-state index in [1.54, 1.807) is 18.9 Å². The molecule has 2 aromatic carbocycles. The molecule has 0 fully saturated rings. The smallest absolute Gasteiger partial charge is 0.227 e. The second kappa shape index (κ2) is 8.87. The molecule has 3 N–H and O–H groups in total. The Hall–Kier alpha value is -1.82. The van der Waals surface area contributed by atoms with Crippen LogP contribution in [-0.4, -0.2) is 25.7 Å². The van der Waals surface area contributed by atoms with Crippen LogP contribution in [0.5, 0.6) is 0 Å². The van der Waals surface area contributed by atoms with Gasteiger partial charge in [0.1, 0.15) is 0 Å². The molecule has 0 aromatic heterocycles. The van der Waals surface area contributed by atoms with Crippen LogP contribution in [0.1, 0.15) is 17.5 Å². The SMILES string of the molecule is COC(CN)CC(=O)Nc1ccc(Sc2ccc(C)cc2C)cc1. The first-order valence-electron chi connectivity index (χ1n) is 7.89. The Bertz CT molecular complexity index is 682. The number of carbonyl (C=O) groups excluding carboxylic acids is 1. The molecule has 0 bridgehead atoms. The molecule has 0 aliphatic heterocycles. The van der Waals surface area contributed by atoms with Crippen molar-refractivity contribution in [2.24, 2.45) is 5.73 Å². The largest absolute Gasteiger partial charge is 0.380 e. The minimum atomic E-state index is -0.246. The van der Waals surface area contributed by atoms with Crippen LogP contribution in [-0.2, 0) is 9.53 Å². The zero-order valence-corrected chi connectivity index (χ0v) is 15.2. The average Bonchev–Trinajstić information content (AvgIpc) is 2.57. The van der Waals surface area contributed by atoms with Gasteiger partial charge in [-0.25, -0.2) is 0 Å². The summed E-state index contributed by atoms with van der Waals surface area (Å²) in [6.45, 7) is 4.54. The summed E-state index contributed by atoms with van der Waals surface area (Å²) in [5.74, 6) is -0.0953. The third-order valence-electron chi connectivity index (χ3n) is 3.71. The van der Waals surface area contributed by atoms with Gasteiger partial charge in [-0.3, -0.25) is 4.79 Å². The van der Waals surface area contributed by atoms with Gasteiger partial charge in [-0.05, 0) is 49.7 Å². The van der Waals surface area contributed by atoms with E-state index in [1.165, 1.54) is 16.0 Å². The molecule has 5 heteroatoms. The minimum absolute atomic E-state index is 0.0953. The van der Waals surface area contributed by atoms with E-state index in [2.05, 4.69) is 37.4 Å². The van der Waals surface area contributed by atoms with Gasteiger partial charge in [-0.15, -0.1) is 0 Å². The number of carbonyl (C=O) groups is 1. The number of hydrogen-bond donors (Lipinski definition) is 2. The van der Waals surface area contributed by atoms with Crippen LogP contribution in [0, 0.1) is 13.8 Å². The number of anilines is 1. The maximum atomic E-state index is 11.9. The first kappa shape index (κ1) is 18.5. The summed E-state index contributed by atoms with van der Waals surface area (Å²) in [5, 5.41) is 2.87. The lowest BCUT2D eigenvalue weighted by Gasteiger charge is -2.13. The summed E-state index contributed by atoms with van der Waals surface area (Å²) >= 11 is 1.72. The summed E-state index contributed by atoms with van der Waals surface area (Å²) < 4.78 is 5.12. The summed E-state index contributed by atoms with van der Waals surface area (Å²) in [5.41, 5.74) is 8.84. The van der Waals surface area contributed by atoms with E-state index in [-0.39, 0.29) is 18.4 Å². The zero-order valence-electron chi connectivity index (χ0n) is 14.3. The highest BCUT2D eigenvalue weighted by atomic mass is 32.2. The average molecular weight is 344 g/mol. The molecular weight excluding hydrogens is 320 g/mol. The van der Waals surface area contributed by atoms with Gasteiger partial charge in [-0.1, -0.05) is 29.5 Å². The molecular formula is C19H24N2O2S. The lowest BCUT2D eigenvalue weighted by molar-refractivity contribution is -0.118. The third kappa shape index (κ3) is 5.37. The summed E-state index contributed by atoms with van der Waals surface area (Å²) in [6, 6.07) is 14.3. The first-order chi connectivity index (χ1) is 11.5. The van der Waals surface area contributed by atoms with Crippen molar-refractivity contribution in [1.82, 2.24) is 0 Å². The molecule has 0 aliphatic carbocycles. The quantitative estimate of drug-likeness (QED) is 0.803. The number of ether oxygens (including phenoxy) is 1. The van der Waals surface area contributed by atoms with Crippen molar-refractivity contribution in [2.75, 3.05) is 19.0 Å². The lowest BCUT2D eigenvalue weighted by Crippen LogP contribution is -2.28. The van der Waals surface area contributed by atoms with Gasteiger partial charge in [0.2, 0.25) is 5.91 Å². The van der Waals surface area contributed by atoms with Crippen LogP contribution >= 0.6 is 11.8 Å². The molecule has 2 aromatic rings. The van der Waals surface area contributed by atoms with Crippen molar-refractivity contribution >= 4 is 23.4 Å². The summed E-state index contributed by atoms with van der Waals surface area (Å²) in [7, 11) is 1.56. The highest BCUT2D eigenvalue weighted by Crippen LogP contribution is 2.31. The number of aryl methyl sites for hydroxylation is 2. The van der Waals surface area contributed by atoms with Crippen molar-refractivity contribution in [2.45, 2.75) is 36.2 Å². The van der Waals surface area contributed by atoms with E-state index in [9.17, 15) is 4.79 Å². The van der Waals surface area contributed by atoms with Crippen molar-refractivity contribution in [3.8, 4) is 0 Å². The summed E-state index contributed by atoms with van der Waals surface area (Å²) in [6.07, 6.45) is 0.0100. The number of nitrogens with two attached hydrogens (primary N) is 1. The van der Waals surface area contributed by atoms with Gasteiger partial charge >= 0.3 is 0 Å². The number of hydrogen-bond acceptors (Lipinski definition) is 4. The monoisotopic (exact) mass is 344 g/mol. The number of amides is 1. The van der Waals surface area contributed by atoms with E-state index < -0.39 is 0 Å². The van der Waals surface area contributed by atoms with Crippen molar-refractivity contribution in [1.29, 1.82) is 0 Å². The van der Waals surface area contributed by atoms with Gasteiger partial charge in [0.25, 0.3) is 0 Å². The number of benzene rings is 2. The molecule has 1 unspecified atom stereocenters. The standard InChI is InChI=1S/C19H24N2O2S/c1-13-4-9-18(14(2)10-13)24-17-7-5-15(6-8-17)21-19(22)11-16(12-20)23-3/h4-10,16H,11-12,20H2,1-3H3,(H,21,22). The Morgan fingerprint density at radius 1 is 1.21 bits per heavy atom. The van der Waals surface area contributed by atoms with Crippen LogP contribution in [0.3, 0.4) is 0 Å². The van der Waals surface area contributed by atoms with Gasteiger partial charge < -0.3 is 15.8 Å². The van der Waals surface area contributed by atoms with Gasteiger partial charge in [-0.2, -0.15) is 0 Å². The van der Waals surface area contributed by atoms with E-state index in [4.69, 9.17) is 10.5 Å². The topological polar surface area (TPSA) is 64.3 Å². The van der Waals surface area contributed by atoms with E-state index in [0.717, 1.165) is 10.6 Å². The van der Waals surface area contributed by atoms with Crippen molar-refractivity contribution in [3.05, 3.63) is 53.6 Å². The van der Waals surface area contributed by atoms with Crippen LogP contribution < -0.4 is 11.1 Å². The van der Waals surface area contributed by atoms with Crippen LogP contribution in [0.4, 0.5) is 5.69 Å². The Labute approximate surface area is 147 Å². The fourth-order valence-corrected chi connectivity index (χ4v) is 3.21. The molecule has 1 atom stereocenters. The Kier molecular flexibility index (Phi) is 6.85. The maximum absolute atomic E-state index is 11.9. The minimum Gasteiger partial charge on any atom is -0.380 e. The molecule has 24 heavy (non-hydrogen) atoms. The molecule has 0 aliphatic rings. The van der Waals surface area contributed by atoms with Gasteiger partial charge in [0.05, 0.1) is 12.5 Å². The third-order valence-corrected chi connectivity index (χ3v) is 4.89. The van der Waals surface area contributed by atoms with Crippen LogP contribution in [0.25, 0.3) is 0 Å². The Balaban J connectivity index is 1.96.